The molecule has 0 amide bonds. The molecule has 0 heterocycles. The summed E-state index contributed by atoms with van der Waals surface area (Å²) in [5.41, 5.74) is 0.673. The molecule has 0 saturated heterocycles. The molecule has 1 atom stereocenters. The van der Waals surface area contributed by atoms with Crippen LogP contribution in [0.25, 0.3) is 0 Å². The Bertz CT molecular complexity index is 366. The van der Waals surface area contributed by atoms with Crippen molar-refractivity contribution < 1.29 is 9.90 Å². The van der Waals surface area contributed by atoms with Crippen LogP contribution < -0.4 is 0 Å². The van der Waals surface area contributed by atoms with Crippen LogP contribution in [0.3, 0.4) is 0 Å². The maximum absolute atomic E-state index is 10.4. The molecular formula is C10H9Cl3O2. The number of benzene rings is 1. The fourth-order valence-corrected chi connectivity index (χ4v) is 1.95. The quantitative estimate of drug-likeness (QED) is 0.833. The van der Waals surface area contributed by atoms with Gasteiger partial charge in [0, 0.05) is 6.42 Å². The number of hydrogen-bond acceptors (Lipinski definition) is 1. The first-order valence-corrected chi connectivity index (χ1v) is 5.51. The van der Waals surface area contributed by atoms with Gasteiger partial charge in [0.1, 0.15) is 0 Å². The summed E-state index contributed by atoms with van der Waals surface area (Å²) in [7, 11) is 0. The molecule has 2 nitrogen and oxygen atoms in total. The molecule has 1 aromatic rings. The van der Waals surface area contributed by atoms with Crippen molar-refractivity contribution in [1.29, 1.82) is 0 Å². The van der Waals surface area contributed by atoms with E-state index in [4.69, 9.17) is 39.9 Å². The molecule has 0 saturated carbocycles. The minimum atomic E-state index is -0.876. The van der Waals surface area contributed by atoms with Crippen LogP contribution in [0.1, 0.15) is 23.8 Å². The van der Waals surface area contributed by atoms with Crippen molar-refractivity contribution >= 4 is 40.8 Å². The van der Waals surface area contributed by atoms with Gasteiger partial charge >= 0.3 is 5.97 Å². The zero-order valence-electron chi connectivity index (χ0n) is 7.71. The van der Waals surface area contributed by atoms with Gasteiger partial charge in [0.05, 0.1) is 15.4 Å². The monoisotopic (exact) mass is 266 g/mol. The molecule has 0 fully saturated rings. The minimum absolute atomic E-state index is 0.0109. The Morgan fingerprint density at radius 3 is 2.67 bits per heavy atom. The van der Waals surface area contributed by atoms with Crippen molar-refractivity contribution in [2.24, 2.45) is 0 Å². The van der Waals surface area contributed by atoms with E-state index in [1.807, 2.05) is 0 Å². The number of carboxylic acid groups (broad SMARTS) is 1. The first kappa shape index (κ1) is 12.6. The smallest absolute Gasteiger partial charge is 0.303 e. The number of carboxylic acids is 1. The maximum Gasteiger partial charge on any atom is 0.303 e. The normalized spacial score (nSPS) is 12.5. The van der Waals surface area contributed by atoms with Crippen LogP contribution in [0, 0.1) is 0 Å². The Balaban J connectivity index is 2.77. The van der Waals surface area contributed by atoms with Gasteiger partial charge in [-0.1, -0.05) is 35.3 Å². The largest absolute Gasteiger partial charge is 0.481 e. The molecule has 15 heavy (non-hydrogen) atoms. The molecule has 0 aliphatic carbocycles. The Hall–Kier alpha value is -0.440. The van der Waals surface area contributed by atoms with E-state index >= 15 is 0 Å². The van der Waals surface area contributed by atoms with Crippen LogP contribution >= 0.6 is 34.8 Å². The molecular weight excluding hydrogens is 258 g/mol. The Morgan fingerprint density at radius 2 is 2.07 bits per heavy atom. The number of carbonyl (C=O) groups is 1. The highest BCUT2D eigenvalue weighted by Crippen LogP contribution is 2.35. The molecule has 0 aliphatic rings. The Labute approximate surface area is 103 Å². The van der Waals surface area contributed by atoms with Crippen molar-refractivity contribution in [3.8, 4) is 0 Å². The molecule has 0 spiro atoms. The number of halogens is 3. The van der Waals surface area contributed by atoms with Gasteiger partial charge in [0.25, 0.3) is 0 Å². The van der Waals surface area contributed by atoms with Crippen LogP contribution in [-0.4, -0.2) is 11.1 Å². The lowest BCUT2D eigenvalue weighted by atomic mass is 10.1. The van der Waals surface area contributed by atoms with Crippen LogP contribution in [-0.2, 0) is 4.79 Å². The van der Waals surface area contributed by atoms with Crippen molar-refractivity contribution in [3.05, 3.63) is 33.8 Å². The fraction of sp³-hybridized carbons (Fsp3) is 0.300. The topological polar surface area (TPSA) is 37.3 Å². The predicted molar refractivity (Wildman–Crippen MR) is 61.9 cm³/mol. The number of aliphatic carboxylic acids is 1. The molecule has 1 aromatic carbocycles. The maximum atomic E-state index is 10.4. The van der Waals surface area contributed by atoms with E-state index in [0.29, 0.717) is 22.0 Å². The standard InChI is InChI=1S/C10H9Cl3O2/c11-7(4-5-9(14)15)6-2-1-3-8(12)10(6)13/h1-3,7H,4-5H2,(H,14,15). The average Bonchev–Trinajstić information content (AvgIpc) is 2.18. The second-order valence-electron chi connectivity index (χ2n) is 3.04. The van der Waals surface area contributed by atoms with Crippen molar-refractivity contribution in [1.82, 2.24) is 0 Å². The summed E-state index contributed by atoms with van der Waals surface area (Å²) >= 11 is 17.8. The van der Waals surface area contributed by atoms with E-state index in [1.165, 1.54) is 0 Å². The van der Waals surface area contributed by atoms with Gasteiger partial charge in [-0.15, -0.1) is 11.6 Å². The van der Waals surface area contributed by atoms with Gasteiger partial charge < -0.3 is 5.11 Å². The summed E-state index contributed by atoms with van der Waals surface area (Å²) in [6.07, 6.45) is 0.341. The van der Waals surface area contributed by atoms with E-state index in [-0.39, 0.29) is 6.42 Å². The van der Waals surface area contributed by atoms with E-state index in [2.05, 4.69) is 0 Å². The number of rotatable bonds is 4. The van der Waals surface area contributed by atoms with E-state index in [0.717, 1.165) is 0 Å². The molecule has 0 aromatic heterocycles. The summed E-state index contributed by atoms with van der Waals surface area (Å²) in [6.45, 7) is 0. The molecule has 1 unspecified atom stereocenters. The molecule has 82 valence electrons. The predicted octanol–water partition coefficient (Wildman–Crippen LogP) is 4.14. The van der Waals surface area contributed by atoms with Gasteiger partial charge in [-0.3, -0.25) is 4.79 Å². The third-order valence-corrected chi connectivity index (χ3v) is 3.22. The molecule has 0 bridgehead atoms. The van der Waals surface area contributed by atoms with Gasteiger partial charge in [-0.05, 0) is 18.1 Å². The summed E-state index contributed by atoms with van der Waals surface area (Å²) in [6, 6.07) is 5.14. The van der Waals surface area contributed by atoms with Crippen LogP contribution in [0.4, 0.5) is 0 Å². The fourth-order valence-electron chi connectivity index (χ4n) is 1.17. The van der Waals surface area contributed by atoms with Gasteiger partial charge in [-0.2, -0.15) is 0 Å². The minimum Gasteiger partial charge on any atom is -0.481 e. The third-order valence-electron chi connectivity index (χ3n) is 1.93. The first-order chi connectivity index (χ1) is 7.02. The van der Waals surface area contributed by atoms with E-state index < -0.39 is 11.3 Å². The first-order valence-electron chi connectivity index (χ1n) is 4.32. The lowest BCUT2D eigenvalue weighted by Crippen LogP contribution is -1.99. The van der Waals surface area contributed by atoms with Crippen LogP contribution in [0.15, 0.2) is 18.2 Å². The Morgan fingerprint density at radius 1 is 1.40 bits per heavy atom. The molecule has 1 N–H and O–H groups in total. The van der Waals surface area contributed by atoms with Gasteiger partial charge in [-0.25, -0.2) is 0 Å². The highest BCUT2D eigenvalue weighted by atomic mass is 35.5. The van der Waals surface area contributed by atoms with Gasteiger partial charge in [0.2, 0.25) is 0 Å². The molecule has 0 aliphatic heterocycles. The zero-order valence-corrected chi connectivity index (χ0v) is 9.98. The highest BCUT2D eigenvalue weighted by Gasteiger charge is 2.14. The lowest BCUT2D eigenvalue weighted by molar-refractivity contribution is -0.137. The molecule has 5 heteroatoms. The summed E-state index contributed by atoms with van der Waals surface area (Å²) in [5.74, 6) is -0.876. The van der Waals surface area contributed by atoms with Crippen molar-refractivity contribution in [2.75, 3.05) is 0 Å². The van der Waals surface area contributed by atoms with Crippen molar-refractivity contribution in [3.63, 3.8) is 0 Å². The van der Waals surface area contributed by atoms with Crippen molar-refractivity contribution in [2.45, 2.75) is 18.2 Å². The summed E-state index contributed by atoms with van der Waals surface area (Å²) < 4.78 is 0. The molecule has 1 rings (SSSR count). The van der Waals surface area contributed by atoms with Crippen LogP contribution in [0.2, 0.25) is 10.0 Å². The SMILES string of the molecule is O=C(O)CCC(Cl)c1cccc(Cl)c1Cl. The summed E-state index contributed by atoms with van der Waals surface area (Å²) in [4.78, 5) is 10.4. The van der Waals surface area contributed by atoms with E-state index in [1.54, 1.807) is 18.2 Å². The number of hydrogen-bond donors (Lipinski definition) is 1. The lowest BCUT2D eigenvalue weighted by Gasteiger charge is -2.11. The summed E-state index contributed by atoms with van der Waals surface area (Å²) in [5, 5.41) is 8.91. The highest BCUT2D eigenvalue weighted by molar-refractivity contribution is 6.43. The third kappa shape index (κ3) is 3.56. The average molecular weight is 268 g/mol. The molecule has 0 radical (unpaired) electrons. The second kappa shape index (κ2) is 5.59. The second-order valence-corrected chi connectivity index (χ2v) is 4.35. The number of alkyl halides is 1. The van der Waals surface area contributed by atoms with Crippen LogP contribution in [0.5, 0.6) is 0 Å². The zero-order chi connectivity index (χ0) is 11.4. The Kier molecular flexibility index (Phi) is 4.71. The van der Waals surface area contributed by atoms with Gasteiger partial charge in [0.15, 0.2) is 0 Å². The van der Waals surface area contributed by atoms with E-state index in [9.17, 15) is 4.79 Å².